The summed E-state index contributed by atoms with van der Waals surface area (Å²) in [5.41, 5.74) is 0.793. The van der Waals surface area contributed by atoms with Crippen LogP contribution in [-0.4, -0.2) is 25.8 Å². The summed E-state index contributed by atoms with van der Waals surface area (Å²) < 4.78 is 15.8. The minimum atomic E-state index is -0.257. The van der Waals surface area contributed by atoms with E-state index in [0.29, 0.717) is 25.6 Å². The summed E-state index contributed by atoms with van der Waals surface area (Å²) in [6, 6.07) is 5.48. The van der Waals surface area contributed by atoms with Gasteiger partial charge < -0.3 is 14.2 Å². The van der Waals surface area contributed by atoms with Crippen LogP contribution in [-0.2, 0) is 16.0 Å². The van der Waals surface area contributed by atoms with Crippen LogP contribution in [0.3, 0.4) is 0 Å². The number of rotatable bonds is 7. The lowest BCUT2D eigenvalue weighted by Crippen LogP contribution is -2.09. The van der Waals surface area contributed by atoms with Gasteiger partial charge in [-0.2, -0.15) is 0 Å². The Balaban J connectivity index is 2.88. The molecule has 0 heterocycles. The minimum absolute atomic E-state index is 0.198. The van der Waals surface area contributed by atoms with Crippen molar-refractivity contribution >= 4 is 5.97 Å². The van der Waals surface area contributed by atoms with Crippen molar-refractivity contribution in [3.05, 3.63) is 23.8 Å². The zero-order chi connectivity index (χ0) is 13.4. The third kappa shape index (κ3) is 4.28. The van der Waals surface area contributed by atoms with Crippen molar-refractivity contribution in [1.29, 1.82) is 0 Å². The number of benzene rings is 1. The number of hydrogen-bond donors (Lipinski definition) is 0. The van der Waals surface area contributed by atoms with Crippen molar-refractivity contribution in [3.63, 3.8) is 0 Å². The number of esters is 1. The van der Waals surface area contributed by atoms with Gasteiger partial charge in [0, 0.05) is 5.56 Å². The molecule has 0 aliphatic rings. The maximum Gasteiger partial charge on any atom is 0.310 e. The third-order valence-corrected chi connectivity index (χ3v) is 2.28. The standard InChI is InChI=1S/C14H20O4/c1-4-16-12-7-8-13(17-5-2)11(9-12)10-14(15)18-6-3/h7-9H,4-6,10H2,1-3H3. The summed E-state index contributed by atoms with van der Waals surface area (Å²) in [6.07, 6.45) is 0.198. The van der Waals surface area contributed by atoms with E-state index >= 15 is 0 Å². The molecule has 1 aromatic carbocycles. The Morgan fingerprint density at radius 3 is 2.39 bits per heavy atom. The van der Waals surface area contributed by atoms with Gasteiger partial charge in [-0.25, -0.2) is 0 Å². The van der Waals surface area contributed by atoms with Gasteiger partial charge in [0.05, 0.1) is 26.2 Å². The van der Waals surface area contributed by atoms with Gasteiger partial charge >= 0.3 is 5.97 Å². The lowest BCUT2D eigenvalue weighted by atomic mass is 10.1. The maximum atomic E-state index is 11.5. The number of hydrogen-bond acceptors (Lipinski definition) is 4. The Hall–Kier alpha value is -1.71. The second kappa shape index (κ2) is 7.58. The largest absolute Gasteiger partial charge is 0.494 e. The second-order valence-electron chi connectivity index (χ2n) is 3.62. The minimum Gasteiger partial charge on any atom is -0.494 e. The fourth-order valence-corrected chi connectivity index (χ4v) is 1.61. The van der Waals surface area contributed by atoms with Crippen LogP contribution in [0.1, 0.15) is 26.3 Å². The van der Waals surface area contributed by atoms with Gasteiger partial charge in [-0.1, -0.05) is 0 Å². The predicted molar refractivity (Wildman–Crippen MR) is 69.1 cm³/mol. The van der Waals surface area contributed by atoms with Crippen molar-refractivity contribution in [2.45, 2.75) is 27.2 Å². The molecular weight excluding hydrogens is 232 g/mol. The summed E-state index contributed by atoms with van der Waals surface area (Å²) in [4.78, 5) is 11.5. The smallest absolute Gasteiger partial charge is 0.310 e. The zero-order valence-corrected chi connectivity index (χ0v) is 11.2. The molecule has 0 saturated carbocycles. The molecule has 0 N–H and O–H groups in total. The van der Waals surface area contributed by atoms with Crippen LogP contribution in [0, 0.1) is 0 Å². The maximum absolute atomic E-state index is 11.5. The van der Waals surface area contributed by atoms with Gasteiger partial charge in [0.15, 0.2) is 0 Å². The van der Waals surface area contributed by atoms with Crippen LogP contribution in [0.25, 0.3) is 0 Å². The van der Waals surface area contributed by atoms with Crippen LogP contribution in [0.4, 0.5) is 0 Å². The SMILES string of the molecule is CCOC(=O)Cc1cc(OCC)ccc1OCC. The van der Waals surface area contributed by atoms with Crippen molar-refractivity contribution in [1.82, 2.24) is 0 Å². The monoisotopic (exact) mass is 252 g/mol. The first-order chi connectivity index (χ1) is 8.71. The summed E-state index contributed by atoms with van der Waals surface area (Å²) in [5, 5.41) is 0. The Kier molecular flexibility index (Phi) is 6.05. The normalized spacial score (nSPS) is 9.94. The van der Waals surface area contributed by atoms with Crippen LogP contribution >= 0.6 is 0 Å². The topological polar surface area (TPSA) is 44.8 Å². The molecule has 100 valence electrons. The van der Waals surface area contributed by atoms with E-state index < -0.39 is 0 Å². The Bertz CT molecular complexity index is 387. The van der Waals surface area contributed by atoms with Gasteiger partial charge in [0.25, 0.3) is 0 Å². The average Bonchev–Trinajstić information content (AvgIpc) is 2.33. The predicted octanol–water partition coefficient (Wildman–Crippen LogP) is 2.59. The van der Waals surface area contributed by atoms with Crippen LogP contribution in [0.5, 0.6) is 11.5 Å². The van der Waals surface area contributed by atoms with Crippen LogP contribution in [0.2, 0.25) is 0 Å². The quantitative estimate of drug-likeness (QED) is 0.700. The van der Waals surface area contributed by atoms with Gasteiger partial charge in [-0.05, 0) is 39.0 Å². The molecule has 0 aromatic heterocycles. The van der Waals surface area contributed by atoms with E-state index in [1.54, 1.807) is 6.92 Å². The third-order valence-electron chi connectivity index (χ3n) is 2.28. The highest BCUT2D eigenvalue weighted by molar-refractivity contribution is 5.73. The average molecular weight is 252 g/mol. The molecule has 1 rings (SSSR count). The van der Waals surface area contributed by atoms with Crippen molar-refractivity contribution in [2.75, 3.05) is 19.8 Å². The first-order valence-electron chi connectivity index (χ1n) is 6.25. The molecule has 1 aromatic rings. The molecule has 0 unspecified atom stereocenters. The molecule has 0 atom stereocenters. The fraction of sp³-hybridized carbons (Fsp3) is 0.500. The Labute approximate surface area is 108 Å². The van der Waals surface area contributed by atoms with E-state index in [1.807, 2.05) is 32.0 Å². The molecule has 0 amide bonds. The fourth-order valence-electron chi connectivity index (χ4n) is 1.61. The highest BCUT2D eigenvalue weighted by Gasteiger charge is 2.11. The van der Waals surface area contributed by atoms with Gasteiger partial charge in [-0.3, -0.25) is 4.79 Å². The van der Waals surface area contributed by atoms with Gasteiger partial charge in [0.1, 0.15) is 11.5 Å². The molecule has 0 radical (unpaired) electrons. The molecule has 0 spiro atoms. The summed E-state index contributed by atoms with van der Waals surface area (Å²) in [7, 11) is 0. The van der Waals surface area contributed by atoms with Crippen LogP contribution in [0.15, 0.2) is 18.2 Å². The molecule has 0 bridgehead atoms. The molecule has 0 saturated heterocycles. The van der Waals surface area contributed by atoms with E-state index in [9.17, 15) is 4.79 Å². The number of carbonyl (C=O) groups excluding carboxylic acids is 1. The molecule has 0 aliphatic carbocycles. The summed E-state index contributed by atoms with van der Waals surface area (Å²) >= 11 is 0. The highest BCUT2D eigenvalue weighted by Crippen LogP contribution is 2.25. The van der Waals surface area contributed by atoms with E-state index in [-0.39, 0.29) is 12.4 Å². The first kappa shape index (κ1) is 14.4. The summed E-state index contributed by atoms with van der Waals surface area (Å²) in [6.45, 7) is 7.15. The first-order valence-corrected chi connectivity index (χ1v) is 6.25. The van der Waals surface area contributed by atoms with Crippen molar-refractivity contribution < 1.29 is 19.0 Å². The lowest BCUT2D eigenvalue weighted by Gasteiger charge is -2.12. The summed E-state index contributed by atoms with van der Waals surface area (Å²) in [5.74, 6) is 1.18. The number of carbonyl (C=O) groups is 1. The Morgan fingerprint density at radius 1 is 1.06 bits per heavy atom. The molecule has 0 aliphatic heterocycles. The number of ether oxygens (including phenoxy) is 3. The van der Waals surface area contributed by atoms with E-state index in [2.05, 4.69) is 0 Å². The van der Waals surface area contributed by atoms with E-state index in [4.69, 9.17) is 14.2 Å². The molecule has 18 heavy (non-hydrogen) atoms. The van der Waals surface area contributed by atoms with Gasteiger partial charge in [0.2, 0.25) is 0 Å². The van der Waals surface area contributed by atoms with Gasteiger partial charge in [-0.15, -0.1) is 0 Å². The van der Waals surface area contributed by atoms with Crippen molar-refractivity contribution in [2.24, 2.45) is 0 Å². The zero-order valence-electron chi connectivity index (χ0n) is 11.2. The molecule has 4 nitrogen and oxygen atoms in total. The van der Waals surface area contributed by atoms with E-state index in [0.717, 1.165) is 11.3 Å². The van der Waals surface area contributed by atoms with E-state index in [1.165, 1.54) is 0 Å². The second-order valence-corrected chi connectivity index (χ2v) is 3.62. The lowest BCUT2D eigenvalue weighted by molar-refractivity contribution is -0.142. The highest BCUT2D eigenvalue weighted by atomic mass is 16.5. The Morgan fingerprint density at radius 2 is 1.78 bits per heavy atom. The molecular formula is C14H20O4. The van der Waals surface area contributed by atoms with Crippen molar-refractivity contribution in [3.8, 4) is 11.5 Å². The molecule has 0 fully saturated rings. The van der Waals surface area contributed by atoms with Crippen LogP contribution < -0.4 is 9.47 Å². The molecule has 4 heteroatoms.